The van der Waals surface area contributed by atoms with Gasteiger partial charge in [0.15, 0.2) is 0 Å². The summed E-state index contributed by atoms with van der Waals surface area (Å²) in [6.45, 7) is 12.6. The second-order valence-corrected chi connectivity index (χ2v) is 8.70. The molecule has 1 N–H and O–H groups in total. The fourth-order valence-electron chi connectivity index (χ4n) is 3.10. The third kappa shape index (κ3) is 5.84. The number of amides is 1. The van der Waals surface area contributed by atoms with Crippen molar-refractivity contribution in [1.82, 2.24) is 5.32 Å². The van der Waals surface area contributed by atoms with Gasteiger partial charge in [-0.1, -0.05) is 27.2 Å². The third-order valence-electron chi connectivity index (χ3n) is 4.52. The minimum absolute atomic E-state index is 0.222. The Kier molecular flexibility index (Phi) is 7.29. The van der Waals surface area contributed by atoms with E-state index >= 15 is 0 Å². The number of benzene rings is 1. The van der Waals surface area contributed by atoms with Crippen molar-refractivity contribution in [3.8, 4) is 5.75 Å². The van der Waals surface area contributed by atoms with Gasteiger partial charge in [0.2, 0.25) is 0 Å². The van der Waals surface area contributed by atoms with Gasteiger partial charge >= 0.3 is 17.7 Å². The molecule has 0 saturated carbocycles. The first-order valence-corrected chi connectivity index (χ1v) is 10.2. The van der Waals surface area contributed by atoms with Crippen LogP contribution in [0.25, 0.3) is 11.0 Å². The molecule has 30 heavy (non-hydrogen) atoms. The molecule has 7 nitrogen and oxygen atoms in total. The molecule has 1 heterocycles. The summed E-state index contributed by atoms with van der Waals surface area (Å²) in [5.41, 5.74) is 0.728. The van der Waals surface area contributed by atoms with Crippen LogP contribution in [0.4, 0.5) is 4.79 Å². The van der Waals surface area contributed by atoms with Gasteiger partial charge in [-0.05, 0) is 57.7 Å². The highest BCUT2D eigenvalue weighted by molar-refractivity contribution is 5.88. The highest BCUT2D eigenvalue weighted by atomic mass is 16.6. The number of carbonyl (C=O) groups excluding carboxylic acids is 2. The predicted octanol–water partition coefficient (Wildman–Crippen LogP) is 4.51. The smallest absolute Gasteiger partial charge is 0.408 e. The molecule has 7 heteroatoms. The van der Waals surface area contributed by atoms with Gasteiger partial charge in [-0.3, -0.25) is 0 Å². The molecule has 0 fully saturated rings. The molecule has 0 aliphatic heterocycles. The predicted molar refractivity (Wildman–Crippen MR) is 115 cm³/mol. The Balaban J connectivity index is 2.31. The number of hydrogen-bond acceptors (Lipinski definition) is 6. The van der Waals surface area contributed by atoms with E-state index in [0.29, 0.717) is 11.1 Å². The number of ether oxygens (including phenoxy) is 2. The first-order valence-electron chi connectivity index (χ1n) is 10.2. The Labute approximate surface area is 176 Å². The van der Waals surface area contributed by atoms with E-state index in [0.717, 1.165) is 23.8 Å². The topological polar surface area (TPSA) is 94.8 Å². The lowest BCUT2D eigenvalue weighted by atomic mass is 10.0. The maximum absolute atomic E-state index is 12.8. The van der Waals surface area contributed by atoms with Crippen molar-refractivity contribution < 1.29 is 23.5 Å². The Morgan fingerprint density at radius 2 is 1.87 bits per heavy atom. The second-order valence-electron chi connectivity index (χ2n) is 8.70. The number of rotatable bonds is 6. The summed E-state index contributed by atoms with van der Waals surface area (Å²) in [4.78, 5) is 36.9. The molecule has 2 rings (SSSR count). The highest BCUT2D eigenvalue weighted by Gasteiger charge is 2.29. The van der Waals surface area contributed by atoms with E-state index in [4.69, 9.17) is 13.9 Å². The molecule has 0 unspecified atom stereocenters. The first kappa shape index (κ1) is 23.4. The van der Waals surface area contributed by atoms with E-state index < -0.39 is 29.3 Å². The van der Waals surface area contributed by atoms with Crippen molar-refractivity contribution in [2.45, 2.75) is 73.0 Å². The highest BCUT2D eigenvalue weighted by Crippen LogP contribution is 2.29. The van der Waals surface area contributed by atoms with Crippen LogP contribution in [0.3, 0.4) is 0 Å². The summed E-state index contributed by atoms with van der Waals surface area (Å²) in [7, 11) is 0. The number of carbonyl (C=O) groups is 2. The van der Waals surface area contributed by atoms with Crippen LogP contribution in [0.2, 0.25) is 0 Å². The van der Waals surface area contributed by atoms with E-state index in [-0.39, 0.29) is 11.7 Å². The molecule has 1 amide bonds. The molecule has 0 aliphatic rings. The number of fused-ring (bicyclic) bond motifs is 1. The monoisotopic (exact) mass is 417 g/mol. The van der Waals surface area contributed by atoms with Crippen molar-refractivity contribution >= 4 is 23.0 Å². The minimum Gasteiger partial charge on any atom is -0.444 e. The number of nitrogens with one attached hydrogen (secondary N) is 1. The van der Waals surface area contributed by atoms with Crippen molar-refractivity contribution in [2.24, 2.45) is 5.92 Å². The Morgan fingerprint density at radius 3 is 2.43 bits per heavy atom. The molecule has 0 aliphatic carbocycles. The SMILES string of the molecule is CCCc1cc(=O)oc2c(C)c(OC(=O)[C@@H](NC(=O)OC(C)(C)C)C(C)C)ccc12. The molecule has 0 spiro atoms. The summed E-state index contributed by atoms with van der Waals surface area (Å²) >= 11 is 0. The Hall–Kier alpha value is -2.83. The number of aryl methyl sites for hydroxylation is 2. The number of hydrogen-bond donors (Lipinski definition) is 1. The molecule has 2 aromatic rings. The lowest BCUT2D eigenvalue weighted by molar-refractivity contribution is -0.138. The first-order chi connectivity index (χ1) is 13.9. The van der Waals surface area contributed by atoms with Crippen LogP contribution in [0, 0.1) is 12.8 Å². The van der Waals surface area contributed by atoms with Crippen molar-refractivity contribution in [1.29, 1.82) is 0 Å². The quantitative estimate of drug-likeness (QED) is 0.422. The van der Waals surface area contributed by atoms with Gasteiger partial charge in [-0.25, -0.2) is 14.4 Å². The van der Waals surface area contributed by atoms with Crippen LogP contribution in [0.5, 0.6) is 5.75 Å². The molecule has 1 atom stereocenters. The van der Waals surface area contributed by atoms with Crippen LogP contribution in [0.15, 0.2) is 27.4 Å². The van der Waals surface area contributed by atoms with Gasteiger partial charge in [0.25, 0.3) is 0 Å². The second kappa shape index (κ2) is 9.32. The molecule has 1 aromatic carbocycles. The normalized spacial score (nSPS) is 12.7. The van der Waals surface area contributed by atoms with Crippen LogP contribution in [-0.4, -0.2) is 23.7 Å². The summed E-state index contributed by atoms with van der Waals surface area (Å²) < 4.78 is 16.2. The standard InChI is InChI=1S/C23H31NO6/c1-8-9-15-12-18(25)29-20-14(4)17(11-10-16(15)20)28-21(26)19(13(2)3)24-22(27)30-23(5,6)7/h10-13,19H,8-9H2,1-7H3,(H,24,27)/t19-/m0/s1. The lowest BCUT2D eigenvalue weighted by Crippen LogP contribution is -2.48. The average Bonchev–Trinajstić information content (AvgIpc) is 2.61. The van der Waals surface area contributed by atoms with Crippen molar-refractivity contribution in [3.05, 3.63) is 39.7 Å². The maximum Gasteiger partial charge on any atom is 0.408 e. The molecule has 164 valence electrons. The van der Waals surface area contributed by atoms with Gasteiger partial charge in [-0.2, -0.15) is 0 Å². The van der Waals surface area contributed by atoms with E-state index in [1.165, 1.54) is 6.07 Å². The summed E-state index contributed by atoms with van der Waals surface area (Å²) in [5.74, 6) is -0.564. The van der Waals surface area contributed by atoms with E-state index in [9.17, 15) is 14.4 Å². The van der Waals surface area contributed by atoms with Gasteiger partial charge in [0.05, 0.1) is 0 Å². The van der Waals surface area contributed by atoms with Gasteiger partial charge in [-0.15, -0.1) is 0 Å². The van der Waals surface area contributed by atoms with E-state index in [2.05, 4.69) is 5.32 Å². The summed E-state index contributed by atoms with van der Waals surface area (Å²) in [5, 5.41) is 3.40. The zero-order valence-corrected chi connectivity index (χ0v) is 18.8. The number of esters is 1. The third-order valence-corrected chi connectivity index (χ3v) is 4.52. The zero-order chi connectivity index (χ0) is 22.6. The van der Waals surface area contributed by atoms with Crippen LogP contribution >= 0.6 is 0 Å². The van der Waals surface area contributed by atoms with Gasteiger partial charge in [0.1, 0.15) is 23.0 Å². The minimum atomic E-state index is -0.895. The van der Waals surface area contributed by atoms with Crippen LogP contribution < -0.4 is 15.7 Å². The van der Waals surface area contributed by atoms with Gasteiger partial charge in [0, 0.05) is 17.0 Å². The lowest BCUT2D eigenvalue weighted by Gasteiger charge is -2.24. The van der Waals surface area contributed by atoms with Crippen LogP contribution in [-0.2, 0) is 16.0 Å². The summed E-state index contributed by atoms with van der Waals surface area (Å²) in [6, 6.07) is 4.06. The maximum atomic E-state index is 12.8. The largest absolute Gasteiger partial charge is 0.444 e. The fraction of sp³-hybridized carbons (Fsp3) is 0.522. The molecule has 0 radical (unpaired) electrons. The fourth-order valence-corrected chi connectivity index (χ4v) is 3.10. The molecular weight excluding hydrogens is 386 g/mol. The summed E-state index contributed by atoms with van der Waals surface area (Å²) in [6.07, 6.45) is 0.944. The molecule has 0 saturated heterocycles. The van der Waals surface area contributed by atoms with Crippen LogP contribution in [0.1, 0.15) is 59.1 Å². The molecule has 1 aromatic heterocycles. The molecule has 0 bridgehead atoms. The van der Waals surface area contributed by atoms with E-state index in [1.807, 2.05) is 6.92 Å². The van der Waals surface area contributed by atoms with Crippen molar-refractivity contribution in [3.63, 3.8) is 0 Å². The average molecular weight is 418 g/mol. The Morgan fingerprint density at radius 1 is 1.20 bits per heavy atom. The Bertz CT molecular complexity index is 984. The van der Waals surface area contributed by atoms with E-state index in [1.54, 1.807) is 53.7 Å². The van der Waals surface area contributed by atoms with Crippen molar-refractivity contribution in [2.75, 3.05) is 0 Å². The molecular formula is C23H31NO6. The number of alkyl carbamates (subject to hydrolysis) is 1. The van der Waals surface area contributed by atoms with Gasteiger partial charge < -0.3 is 19.2 Å². The zero-order valence-electron chi connectivity index (χ0n) is 18.8.